The molecule has 0 aliphatic heterocycles. The Kier molecular flexibility index (Phi) is 12.3. The third-order valence-electron chi connectivity index (χ3n) is 1.50. The number of nitrogens with zero attached hydrogens (tertiary/aromatic N) is 1. The minimum atomic E-state index is -3.96. The second-order valence-corrected chi connectivity index (χ2v) is 4.15. The number of rotatable bonds is 7. The maximum atomic E-state index is 10.3. The van der Waals surface area contributed by atoms with Gasteiger partial charge < -0.3 is 10.2 Å². The van der Waals surface area contributed by atoms with Crippen LogP contribution in [-0.4, -0.2) is 118 Å². The second-order valence-electron chi connectivity index (χ2n) is 2.57. The van der Waals surface area contributed by atoms with E-state index in [9.17, 15) is 8.42 Å². The molecule has 0 aliphatic rings. The van der Waals surface area contributed by atoms with Gasteiger partial charge >= 0.3 is 51.4 Å². The molecule has 0 aromatic carbocycles. The molecule has 0 aliphatic carbocycles. The topological polar surface area (TPSA) is 98.1 Å². The van der Waals surface area contributed by atoms with E-state index in [2.05, 4.69) is 0 Å². The van der Waals surface area contributed by atoms with Gasteiger partial charge in [-0.15, -0.1) is 0 Å². The third kappa shape index (κ3) is 11.5. The van der Waals surface area contributed by atoms with E-state index < -0.39 is 10.1 Å². The van der Waals surface area contributed by atoms with Gasteiger partial charge in [0.15, 0.2) is 0 Å². The van der Waals surface area contributed by atoms with Crippen molar-refractivity contribution in [2.24, 2.45) is 0 Å². The fraction of sp³-hybridized carbons (Fsp3) is 1.00. The van der Waals surface area contributed by atoms with Crippen LogP contribution < -0.4 is 0 Å². The summed E-state index contributed by atoms with van der Waals surface area (Å²) >= 11 is 0. The summed E-state index contributed by atoms with van der Waals surface area (Å²) in [6.07, 6.45) is 0. The predicted octanol–water partition coefficient (Wildman–Crippen LogP) is -2.49. The van der Waals surface area contributed by atoms with Gasteiger partial charge in [0.05, 0.1) is 19.0 Å². The molecule has 0 saturated heterocycles. The van der Waals surface area contributed by atoms with Crippen LogP contribution in [0.3, 0.4) is 0 Å². The molecule has 0 unspecified atom stereocenters. The van der Waals surface area contributed by atoms with Gasteiger partial charge in [0.25, 0.3) is 10.1 Å². The first kappa shape index (κ1) is 17.8. The van der Waals surface area contributed by atoms with Crippen LogP contribution in [0.1, 0.15) is 0 Å². The summed E-state index contributed by atoms with van der Waals surface area (Å²) in [4.78, 5) is 1.55. The number of aliphatic hydroxyl groups excluding tert-OH is 2. The van der Waals surface area contributed by atoms with Crippen molar-refractivity contribution in [3.63, 3.8) is 0 Å². The number of hydrogen-bond donors (Lipinski definition) is 3. The average molecular weight is 253 g/mol. The van der Waals surface area contributed by atoms with Crippen LogP contribution in [0.25, 0.3) is 0 Å². The molecule has 6 nitrogen and oxygen atoms in total. The van der Waals surface area contributed by atoms with Crippen molar-refractivity contribution in [2.75, 3.05) is 38.6 Å². The fourth-order valence-electron chi connectivity index (χ4n) is 0.863. The van der Waals surface area contributed by atoms with Gasteiger partial charge in [-0.3, -0.25) is 9.45 Å². The van der Waals surface area contributed by atoms with Gasteiger partial charge in [-0.05, 0) is 0 Å². The molecule has 0 radical (unpaired) electrons. The molecule has 0 amide bonds. The van der Waals surface area contributed by atoms with Crippen LogP contribution in [0.5, 0.6) is 0 Å². The van der Waals surface area contributed by atoms with E-state index in [1.807, 2.05) is 0 Å². The van der Waals surface area contributed by atoms with Gasteiger partial charge in [-0.1, -0.05) is 0 Å². The molecule has 0 fully saturated rings. The first-order chi connectivity index (χ1) is 5.99. The average Bonchev–Trinajstić information content (AvgIpc) is 2.00. The summed E-state index contributed by atoms with van der Waals surface area (Å²) in [5.74, 6) is -0.382. The molecule has 0 aromatic rings. The summed E-state index contributed by atoms with van der Waals surface area (Å²) < 4.78 is 29.1. The Morgan fingerprint density at radius 3 is 1.71 bits per heavy atom. The maximum absolute atomic E-state index is 10.3. The molecular weight excluding hydrogens is 237 g/mol. The van der Waals surface area contributed by atoms with Crippen molar-refractivity contribution in [3.05, 3.63) is 0 Å². The Morgan fingerprint density at radius 1 is 1.00 bits per heavy atom. The molecule has 0 spiro atoms. The monoisotopic (exact) mass is 253 g/mol. The molecule has 0 rings (SSSR count). The van der Waals surface area contributed by atoms with E-state index >= 15 is 0 Å². The first-order valence-corrected chi connectivity index (χ1v) is 5.49. The summed E-state index contributed by atoms with van der Waals surface area (Å²) in [5.41, 5.74) is 0. The predicted molar refractivity (Wildman–Crippen MR) is 54.2 cm³/mol. The third-order valence-corrected chi connectivity index (χ3v) is 2.20. The molecule has 0 aromatic heterocycles. The van der Waals surface area contributed by atoms with E-state index in [0.717, 1.165) is 0 Å². The van der Waals surface area contributed by atoms with E-state index in [1.165, 1.54) is 0 Å². The van der Waals surface area contributed by atoms with E-state index in [1.54, 1.807) is 4.90 Å². The standard InChI is InChI=1S/C6H15NO5S.K.H/c8-4-1-7(2-5-9)3-6-13(10,11)12;;/h8-9H,1-6H2,(H,10,11,12);;. The van der Waals surface area contributed by atoms with Crippen LogP contribution in [-0.2, 0) is 10.1 Å². The summed E-state index contributed by atoms with van der Waals surface area (Å²) in [6, 6.07) is 0. The van der Waals surface area contributed by atoms with Gasteiger partial charge in [0, 0.05) is 19.6 Å². The molecule has 0 saturated carbocycles. The van der Waals surface area contributed by atoms with Crippen LogP contribution >= 0.6 is 0 Å². The summed E-state index contributed by atoms with van der Waals surface area (Å²) in [7, 11) is -3.96. The van der Waals surface area contributed by atoms with E-state index in [4.69, 9.17) is 14.8 Å². The zero-order chi connectivity index (χ0) is 10.3. The Hall–Kier alpha value is 1.43. The molecule has 0 heterocycles. The van der Waals surface area contributed by atoms with Crippen molar-refractivity contribution >= 4 is 61.5 Å². The number of aliphatic hydroxyl groups is 2. The van der Waals surface area contributed by atoms with Crippen LogP contribution in [0.4, 0.5) is 0 Å². The van der Waals surface area contributed by atoms with Gasteiger partial charge in [0.2, 0.25) is 0 Å². The van der Waals surface area contributed by atoms with Crippen molar-refractivity contribution in [1.29, 1.82) is 0 Å². The molecule has 3 N–H and O–H groups in total. The molecule has 8 heteroatoms. The number of hydrogen-bond acceptors (Lipinski definition) is 5. The molecule has 14 heavy (non-hydrogen) atoms. The normalized spacial score (nSPS) is 11.4. The van der Waals surface area contributed by atoms with Gasteiger partial charge in [-0.25, -0.2) is 0 Å². The SMILES string of the molecule is O=S(=O)(O)CCN(CCO)CCO.[KH]. The van der Waals surface area contributed by atoms with Crippen molar-refractivity contribution in [3.8, 4) is 0 Å². The van der Waals surface area contributed by atoms with E-state index in [0.29, 0.717) is 0 Å². The van der Waals surface area contributed by atoms with E-state index in [-0.39, 0.29) is 90.0 Å². The molecule has 0 bridgehead atoms. The first-order valence-electron chi connectivity index (χ1n) is 3.89. The second kappa shape index (κ2) is 9.64. The van der Waals surface area contributed by atoms with Gasteiger partial charge in [-0.2, -0.15) is 8.42 Å². The Labute approximate surface area is 126 Å². The zero-order valence-corrected chi connectivity index (χ0v) is 8.07. The van der Waals surface area contributed by atoms with Crippen LogP contribution in [0, 0.1) is 0 Å². The fourth-order valence-corrected chi connectivity index (χ4v) is 1.35. The van der Waals surface area contributed by atoms with Crippen molar-refractivity contribution in [1.82, 2.24) is 4.90 Å². The summed E-state index contributed by atoms with van der Waals surface area (Å²) in [6.45, 7) is 0.475. The Balaban J connectivity index is 0. The molecule has 0 atom stereocenters. The minimum absolute atomic E-state index is 0. The zero-order valence-electron chi connectivity index (χ0n) is 7.26. The Bertz CT molecular complexity index is 214. The Morgan fingerprint density at radius 2 is 1.43 bits per heavy atom. The molecule has 82 valence electrons. The van der Waals surface area contributed by atoms with Crippen molar-refractivity contribution < 1.29 is 23.2 Å². The van der Waals surface area contributed by atoms with Gasteiger partial charge in [0.1, 0.15) is 0 Å². The quantitative estimate of drug-likeness (QED) is 0.343. The van der Waals surface area contributed by atoms with Crippen molar-refractivity contribution in [2.45, 2.75) is 0 Å². The van der Waals surface area contributed by atoms with Crippen LogP contribution in [0.15, 0.2) is 0 Å². The van der Waals surface area contributed by atoms with Crippen LogP contribution in [0.2, 0.25) is 0 Å². The summed E-state index contributed by atoms with van der Waals surface area (Å²) in [5, 5.41) is 17.1. The molecular formula is C6H16KNO5S.